The van der Waals surface area contributed by atoms with Gasteiger partial charge in [-0.25, -0.2) is 0 Å². The number of aliphatic hydroxyl groups is 1. The van der Waals surface area contributed by atoms with Crippen LogP contribution < -0.4 is 9.47 Å². The van der Waals surface area contributed by atoms with Gasteiger partial charge in [-0.2, -0.15) is 0 Å². The molecule has 0 bridgehead atoms. The number of hydrogen-bond donors (Lipinski definition) is 1. The summed E-state index contributed by atoms with van der Waals surface area (Å²) in [5, 5.41) is 10.3. The van der Waals surface area contributed by atoms with E-state index in [9.17, 15) is 5.11 Å². The van der Waals surface area contributed by atoms with Crippen LogP contribution in [-0.4, -0.2) is 48.6 Å². The molecule has 1 aliphatic heterocycles. The molecule has 0 spiro atoms. The summed E-state index contributed by atoms with van der Waals surface area (Å²) in [5.41, 5.74) is 1.03. The van der Waals surface area contributed by atoms with Crippen molar-refractivity contribution in [2.45, 2.75) is 57.8 Å². The quantitative estimate of drug-likeness (QED) is 0.791. The van der Waals surface area contributed by atoms with Crippen molar-refractivity contribution in [2.75, 3.05) is 26.5 Å². The van der Waals surface area contributed by atoms with E-state index in [-0.39, 0.29) is 6.79 Å². The lowest BCUT2D eigenvalue weighted by molar-refractivity contribution is 0.0000239. The average Bonchev–Trinajstić information content (AvgIpc) is 3.08. The number of benzene rings is 1. The second-order valence-corrected chi connectivity index (χ2v) is 6.74. The fraction of sp³-hybridized carbons (Fsp3) is 0.684. The molecule has 1 aromatic rings. The standard InChI is InChI=1S/C19H29NO4/c1-2-20(16-6-4-3-5-7-16)11-17(21)13-22-12-15-8-9-18-19(10-15)24-14-23-18/h8-10,16-17,21H,2-7,11-14H2,1H3/t17-/m1/s1. The molecular formula is C19H29NO4. The smallest absolute Gasteiger partial charge is 0.231 e. The maximum absolute atomic E-state index is 10.3. The molecule has 1 heterocycles. The molecule has 0 unspecified atom stereocenters. The Morgan fingerprint density at radius 3 is 2.79 bits per heavy atom. The predicted molar refractivity (Wildman–Crippen MR) is 92.3 cm³/mol. The lowest BCUT2D eigenvalue weighted by atomic mass is 9.94. The molecule has 5 heteroatoms. The minimum atomic E-state index is -0.444. The van der Waals surface area contributed by atoms with Crippen LogP contribution in [0.3, 0.4) is 0 Å². The summed E-state index contributed by atoms with van der Waals surface area (Å²) in [7, 11) is 0. The molecule has 134 valence electrons. The monoisotopic (exact) mass is 335 g/mol. The molecule has 1 atom stereocenters. The molecule has 1 saturated carbocycles. The van der Waals surface area contributed by atoms with Crippen molar-refractivity contribution in [3.05, 3.63) is 23.8 Å². The Labute approximate surface area is 144 Å². The SMILES string of the molecule is CCN(C[C@@H](O)COCc1ccc2c(c1)OCO2)C1CCCCC1. The summed E-state index contributed by atoms with van der Waals surface area (Å²) in [5.74, 6) is 1.55. The van der Waals surface area contributed by atoms with E-state index in [1.807, 2.05) is 18.2 Å². The Morgan fingerprint density at radius 1 is 1.21 bits per heavy atom. The van der Waals surface area contributed by atoms with Crippen molar-refractivity contribution < 1.29 is 19.3 Å². The van der Waals surface area contributed by atoms with Gasteiger partial charge in [-0.3, -0.25) is 4.90 Å². The summed E-state index contributed by atoms with van der Waals surface area (Å²) < 4.78 is 16.4. The molecule has 1 N–H and O–H groups in total. The summed E-state index contributed by atoms with van der Waals surface area (Å²) in [6, 6.07) is 6.45. The van der Waals surface area contributed by atoms with E-state index < -0.39 is 6.10 Å². The maximum atomic E-state index is 10.3. The van der Waals surface area contributed by atoms with E-state index in [1.54, 1.807) is 0 Å². The van der Waals surface area contributed by atoms with Crippen molar-refractivity contribution in [3.8, 4) is 11.5 Å². The highest BCUT2D eigenvalue weighted by Gasteiger charge is 2.22. The van der Waals surface area contributed by atoms with Crippen LogP contribution in [0.4, 0.5) is 0 Å². The number of hydrogen-bond acceptors (Lipinski definition) is 5. The number of fused-ring (bicyclic) bond motifs is 1. The first kappa shape index (κ1) is 17.5. The van der Waals surface area contributed by atoms with Crippen molar-refractivity contribution in [1.82, 2.24) is 4.90 Å². The molecule has 3 rings (SSSR count). The van der Waals surface area contributed by atoms with Crippen LogP contribution in [0.25, 0.3) is 0 Å². The number of likely N-dealkylation sites (N-methyl/N-ethyl adjacent to an activating group) is 1. The Hall–Kier alpha value is -1.30. The van der Waals surface area contributed by atoms with Gasteiger partial charge >= 0.3 is 0 Å². The second kappa shape index (κ2) is 8.70. The van der Waals surface area contributed by atoms with Gasteiger partial charge < -0.3 is 19.3 Å². The van der Waals surface area contributed by atoms with Gasteiger partial charge in [-0.15, -0.1) is 0 Å². The van der Waals surface area contributed by atoms with Crippen molar-refractivity contribution in [3.63, 3.8) is 0 Å². The van der Waals surface area contributed by atoms with Crippen LogP contribution in [-0.2, 0) is 11.3 Å². The highest BCUT2D eigenvalue weighted by Crippen LogP contribution is 2.32. The van der Waals surface area contributed by atoms with Crippen LogP contribution >= 0.6 is 0 Å². The number of rotatable bonds is 8. The molecule has 0 amide bonds. The van der Waals surface area contributed by atoms with Gasteiger partial charge in [-0.1, -0.05) is 32.3 Å². The van der Waals surface area contributed by atoms with Crippen LogP contribution in [0.1, 0.15) is 44.6 Å². The Balaban J connectivity index is 1.40. The number of ether oxygens (including phenoxy) is 3. The van der Waals surface area contributed by atoms with Gasteiger partial charge in [-0.05, 0) is 37.1 Å². The van der Waals surface area contributed by atoms with E-state index in [1.165, 1.54) is 32.1 Å². The van der Waals surface area contributed by atoms with Gasteiger partial charge in [0.1, 0.15) is 0 Å². The summed E-state index contributed by atoms with van der Waals surface area (Å²) in [6.45, 7) is 4.98. The first-order valence-electron chi connectivity index (χ1n) is 9.14. The lowest BCUT2D eigenvalue weighted by Gasteiger charge is -2.34. The van der Waals surface area contributed by atoms with Crippen LogP contribution in [0.5, 0.6) is 11.5 Å². The van der Waals surface area contributed by atoms with Gasteiger partial charge in [0, 0.05) is 12.6 Å². The molecule has 1 fully saturated rings. The minimum Gasteiger partial charge on any atom is -0.454 e. The van der Waals surface area contributed by atoms with Gasteiger partial charge in [0.05, 0.1) is 19.3 Å². The fourth-order valence-electron chi connectivity index (χ4n) is 3.65. The Morgan fingerprint density at radius 2 is 2.00 bits per heavy atom. The third-order valence-corrected chi connectivity index (χ3v) is 4.96. The molecule has 0 radical (unpaired) electrons. The molecule has 0 saturated heterocycles. The first-order valence-corrected chi connectivity index (χ1v) is 9.14. The molecule has 5 nitrogen and oxygen atoms in total. The van der Waals surface area contributed by atoms with E-state index in [4.69, 9.17) is 14.2 Å². The van der Waals surface area contributed by atoms with Crippen LogP contribution in [0, 0.1) is 0 Å². The first-order chi connectivity index (χ1) is 11.8. The molecule has 24 heavy (non-hydrogen) atoms. The largest absolute Gasteiger partial charge is 0.454 e. The lowest BCUT2D eigenvalue weighted by Crippen LogP contribution is -2.42. The zero-order chi connectivity index (χ0) is 16.8. The van der Waals surface area contributed by atoms with Crippen molar-refractivity contribution >= 4 is 0 Å². The van der Waals surface area contributed by atoms with E-state index in [0.717, 1.165) is 23.6 Å². The zero-order valence-electron chi connectivity index (χ0n) is 14.6. The highest BCUT2D eigenvalue weighted by atomic mass is 16.7. The number of nitrogens with zero attached hydrogens (tertiary/aromatic N) is 1. The van der Waals surface area contributed by atoms with Gasteiger partial charge in [0.25, 0.3) is 0 Å². The third kappa shape index (κ3) is 4.62. The third-order valence-electron chi connectivity index (χ3n) is 4.96. The molecular weight excluding hydrogens is 306 g/mol. The van der Waals surface area contributed by atoms with E-state index >= 15 is 0 Å². The maximum Gasteiger partial charge on any atom is 0.231 e. The summed E-state index contributed by atoms with van der Waals surface area (Å²) in [6.07, 6.45) is 6.07. The summed E-state index contributed by atoms with van der Waals surface area (Å²) >= 11 is 0. The van der Waals surface area contributed by atoms with Crippen LogP contribution in [0.2, 0.25) is 0 Å². The minimum absolute atomic E-state index is 0.284. The van der Waals surface area contributed by atoms with Crippen LogP contribution in [0.15, 0.2) is 18.2 Å². The topological polar surface area (TPSA) is 51.2 Å². The normalized spacial score (nSPS) is 19.0. The highest BCUT2D eigenvalue weighted by molar-refractivity contribution is 5.44. The molecule has 1 aliphatic carbocycles. The van der Waals surface area contributed by atoms with E-state index in [0.29, 0.717) is 25.8 Å². The molecule has 0 aromatic heterocycles. The zero-order valence-corrected chi connectivity index (χ0v) is 14.6. The predicted octanol–water partition coefficient (Wildman–Crippen LogP) is 2.95. The Kier molecular flexibility index (Phi) is 6.35. The molecule has 2 aliphatic rings. The van der Waals surface area contributed by atoms with Crippen molar-refractivity contribution in [1.29, 1.82) is 0 Å². The number of aliphatic hydroxyl groups excluding tert-OH is 1. The van der Waals surface area contributed by atoms with E-state index in [2.05, 4.69) is 11.8 Å². The average molecular weight is 335 g/mol. The molecule has 1 aromatic carbocycles. The second-order valence-electron chi connectivity index (χ2n) is 6.74. The fourth-order valence-corrected chi connectivity index (χ4v) is 3.65. The summed E-state index contributed by atoms with van der Waals surface area (Å²) in [4.78, 5) is 2.41. The van der Waals surface area contributed by atoms with Gasteiger partial charge in [0.2, 0.25) is 6.79 Å². The van der Waals surface area contributed by atoms with Gasteiger partial charge in [0.15, 0.2) is 11.5 Å². The Bertz CT molecular complexity index is 516. The van der Waals surface area contributed by atoms with Crippen molar-refractivity contribution in [2.24, 2.45) is 0 Å².